The molecule has 1 aromatic carbocycles. The molecule has 0 bridgehead atoms. The van der Waals surface area contributed by atoms with Gasteiger partial charge in [0.1, 0.15) is 0 Å². The van der Waals surface area contributed by atoms with Crippen molar-refractivity contribution >= 4 is 17.0 Å². The Bertz CT molecular complexity index is 595. The highest BCUT2D eigenvalue weighted by atomic mass is 32.1. The number of thiazole rings is 1. The lowest BCUT2D eigenvalue weighted by Gasteiger charge is -2.14. The minimum Gasteiger partial charge on any atom is -0.377 e. The average Bonchev–Trinajstić information content (AvgIpc) is 2.69. The van der Waals surface area contributed by atoms with Gasteiger partial charge in [0.05, 0.1) is 28.4 Å². The summed E-state index contributed by atoms with van der Waals surface area (Å²) in [5.74, 6) is 0. The first-order valence-electron chi connectivity index (χ1n) is 5.81. The Balaban J connectivity index is 2.18. The van der Waals surface area contributed by atoms with Crippen LogP contribution in [0, 0.1) is 25.2 Å². The van der Waals surface area contributed by atoms with Crippen molar-refractivity contribution < 1.29 is 0 Å². The molecule has 0 saturated carbocycles. The largest absolute Gasteiger partial charge is 0.377 e. The molecule has 1 heterocycles. The molecule has 0 aliphatic carbocycles. The van der Waals surface area contributed by atoms with Crippen molar-refractivity contribution in [2.24, 2.45) is 0 Å². The molecule has 0 aliphatic heterocycles. The molecule has 3 nitrogen and oxygen atoms in total. The van der Waals surface area contributed by atoms with Crippen molar-refractivity contribution in [1.29, 1.82) is 5.26 Å². The topological polar surface area (TPSA) is 48.7 Å². The third kappa shape index (κ3) is 2.69. The van der Waals surface area contributed by atoms with Gasteiger partial charge in [0.15, 0.2) is 0 Å². The summed E-state index contributed by atoms with van der Waals surface area (Å²) in [5, 5.41) is 13.3. The summed E-state index contributed by atoms with van der Waals surface area (Å²) in [4.78, 5) is 5.78. The van der Waals surface area contributed by atoms with Crippen molar-refractivity contribution in [3.8, 4) is 6.07 Å². The third-order valence-corrected chi connectivity index (χ3v) is 3.63. The number of anilines is 1. The van der Waals surface area contributed by atoms with Crippen molar-refractivity contribution in [3.63, 3.8) is 0 Å². The summed E-state index contributed by atoms with van der Waals surface area (Å²) in [6, 6.07) is 9.78. The fourth-order valence-electron chi connectivity index (χ4n) is 1.94. The summed E-state index contributed by atoms with van der Waals surface area (Å²) >= 11 is 1.71. The van der Waals surface area contributed by atoms with E-state index in [0.29, 0.717) is 5.56 Å². The Labute approximate surface area is 111 Å². The molecule has 0 amide bonds. The van der Waals surface area contributed by atoms with E-state index >= 15 is 0 Å². The third-order valence-electron chi connectivity index (χ3n) is 2.72. The smallest absolute Gasteiger partial charge is 0.0992 e. The highest BCUT2D eigenvalue weighted by molar-refractivity contribution is 7.11. The van der Waals surface area contributed by atoms with Crippen LogP contribution in [0.2, 0.25) is 0 Å². The van der Waals surface area contributed by atoms with Crippen LogP contribution >= 0.6 is 11.3 Å². The van der Waals surface area contributed by atoms with E-state index in [-0.39, 0.29) is 6.04 Å². The predicted molar refractivity (Wildman–Crippen MR) is 74.8 cm³/mol. The molecule has 0 saturated heterocycles. The molecule has 0 radical (unpaired) electrons. The number of rotatable bonds is 3. The Kier molecular flexibility index (Phi) is 3.63. The fraction of sp³-hybridized carbons (Fsp3) is 0.286. The van der Waals surface area contributed by atoms with E-state index in [4.69, 9.17) is 5.26 Å². The van der Waals surface area contributed by atoms with Crippen LogP contribution < -0.4 is 5.32 Å². The number of hydrogen-bond acceptors (Lipinski definition) is 4. The number of aryl methyl sites for hydroxylation is 2. The van der Waals surface area contributed by atoms with Gasteiger partial charge in [-0.15, -0.1) is 11.3 Å². The van der Waals surface area contributed by atoms with Crippen LogP contribution in [0.3, 0.4) is 0 Å². The van der Waals surface area contributed by atoms with E-state index < -0.39 is 0 Å². The molecule has 92 valence electrons. The number of nitrogens with zero attached hydrogens (tertiary/aromatic N) is 2. The van der Waals surface area contributed by atoms with Crippen LogP contribution in [0.25, 0.3) is 0 Å². The molecule has 18 heavy (non-hydrogen) atoms. The lowest BCUT2D eigenvalue weighted by Crippen LogP contribution is -2.08. The zero-order valence-electron chi connectivity index (χ0n) is 10.7. The van der Waals surface area contributed by atoms with Crippen molar-refractivity contribution in [2.75, 3.05) is 5.32 Å². The van der Waals surface area contributed by atoms with Crippen LogP contribution in [0.4, 0.5) is 5.69 Å². The van der Waals surface area contributed by atoms with E-state index in [1.54, 1.807) is 17.4 Å². The van der Waals surface area contributed by atoms with Crippen molar-refractivity contribution in [3.05, 3.63) is 45.4 Å². The number of nitrogens with one attached hydrogen (secondary N) is 1. The average molecular weight is 257 g/mol. The Morgan fingerprint density at radius 1 is 1.39 bits per heavy atom. The molecule has 2 rings (SSSR count). The summed E-state index contributed by atoms with van der Waals surface area (Å²) in [7, 11) is 0. The van der Waals surface area contributed by atoms with Gasteiger partial charge in [0.25, 0.3) is 0 Å². The second kappa shape index (κ2) is 5.19. The highest BCUT2D eigenvalue weighted by Gasteiger charge is 2.12. The summed E-state index contributed by atoms with van der Waals surface area (Å²) < 4.78 is 0. The number of hydrogen-bond donors (Lipinski definition) is 1. The van der Waals surface area contributed by atoms with Gasteiger partial charge in [-0.1, -0.05) is 6.07 Å². The van der Waals surface area contributed by atoms with E-state index in [9.17, 15) is 0 Å². The second-order valence-electron chi connectivity index (χ2n) is 4.23. The second-order valence-corrected chi connectivity index (χ2v) is 5.64. The van der Waals surface area contributed by atoms with E-state index in [1.165, 1.54) is 4.88 Å². The molecule has 2 aromatic rings. The first-order chi connectivity index (χ1) is 8.60. The maximum absolute atomic E-state index is 8.87. The Morgan fingerprint density at radius 3 is 2.78 bits per heavy atom. The monoisotopic (exact) mass is 257 g/mol. The first-order valence-corrected chi connectivity index (χ1v) is 6.62. The van der Waals surface area contributed by atoms with Crippen molar-refractivity contribution in [2.45, 2.75) is 26.8 Å². The predicted octanol–water partition coefficient (Wildman–Crippen LogP) is 3.80. The molecule has 0 spiro atoms. The molecule has 1 aromatic heterocycles. The van der Waals surface area contributed by atoms with Crippen LogP contribution in [0.15, 0.2) is 24.3 Å². The fourth-order valence-corrected chi connectivity index (χ4v) is 2.86. The molecular weight excluding hydrogens is 242 g/mol. The quantitative estimate of drug-likeness (QED) is 0.909. The molecule has 1 atom stereocenters. The molecule has 1 N–H and O–H groups in total. The van der Waals surface area contributed by atoms with Crippen LogP contribution in [0.1, 0.15) is 34.1 Å². The number of nitriles is 1. The van der Waals surface area contributed by atoms with Gasteiger partial charge in [-0.05, 0) is 39.0 Å². The van der Waals surface area contributed by atoms with Gasteiger partial charge in [-0.25, -0.2) is 4.98 Å². The SMILES string of the molecule is Cc1nc(C(C)Nc2cccc(C#N)c2)c(C)s1. The highest BCUT2D eigenvalue weighted by Crippen LogP contribution is 2.25. The normalized spacial score (nSPS) is 11.9. The van der Waals surface area contributed by atoms with Gasteiger partial charge < -0.3 is 5.32 Å². The summed E-state index contributed by atoms with van der Waals surface area (Å²) in [6.07, 6.45) is 0. The molecular formula is C14H15N3S. The van der Waals surface area contributed by atoms with E-state index in [2.05, 4.69) is 30.2 Å². The van der Waals surface area contributed by atoms with Crippen LogP contribution in [-0.4, -0.2) is 4.98 Å². The van der Waals surface area contributed by atoms with E-state index in [1.807, 2.05) is 25.1 Å². The molecule has 0 aliphatic rings. The van der Waals surface area contributed by atoms with Crippen LogP contribution in [-0.2, 0) is 0 Å². The number of benzene rings is 1. The first kappa shape index (κ1) is 12.6. The summed E-state index contributed by atoms with van der Waals surface area (Å²) in [5.41, 5.74) is 2.70. The lowest BCUT2D eigenvalue weighted by atomic mass is 10.1. The minimum atomic E-state index is 0.142. The Morgan fingerprint density at radius 2 is 2.17 bits per heavy atom. The number of aromatic nitrogens is 1. The zero-order chi connectivity index (χ0) is 13.1. The van der Waals surface area contributed by atoms with Gasteiger partial charge in [-0.2, -0.15) is 5.26 Å². The van der Waals surface area contributed by atoms with Crippen molar-refractivity contribution in [1.82, 2.24) is 4.98 Å². The maximum Gasteiger partial charge on any atom is 0.0992 e. The zero-order valence-corrected chi connectivity index (χ0v) is 11.5. The molecule has 1 unspecified atom stereocenters. The van der Waals surface area contributed by atoms with Gasteiger partial charge in [0, 0.05) is 10.6 Å². The summed E-state index contributed by atoms with van der Waals surface area (Å²) in [6.45, 7) is 6.19. The molecule has 0 fully saturated rings. The van der Waals surface area contributed by atoms with Gasteiger partial charge in [0.2, 0.25) is 0 Å². The Hall–Kier alpha value is -1.86. The molecule has 4 heteroatoms. The maximum atomic E-state index is 8.87. The lowest BCUT2D eigenvalue weighted by molar-refractivity contribution is 0.837. The van der Waals surface area contributed by atoms with Gasteiger partial charge >= 0.3 is 0 Å². The van der Waals surface area contributed by atoms with Crippen LogP contribution in [0.5, 0.6) is 0 Å². The minimum absolute atomic E-state index is 0.142. The standard InChI is InChI=1S/C14H15N3S/c1-9(14-10(2)18-11(3)17-14)16-13-6-4-5-12(7-13)8-15/h4-7,9,16H,1-3H3. The van der Waals surface area contributed by atoms with Gasteiger partial charge in [-0.3, -0.25) is 0 Å². The van der Waals surface area contributed by atoms with E-state index in [0.717, 1.165) is 16.4 Å².